The van der Waals surface area contributed by atoms with Crippen LogP contribution in [0.1, 0.15) is 37.9 Å². The van der Waals surface area contributed by atoms with Gasteiger partial charge in [-0.05, 0) is 37.8 Å². The minimum absolute atomic E-state index is 0.0100. The summed E-state index contributed by atoms with van der Waals surface area (Å²) in [6.45, 7) is 2.35. The SMILES string of the molecule is N[C@H]1CC[C@H](Oc2cc(-n3c(C(F)F)nc4ccccc43)nc(N3CCOCC3)n2)CC1. The van der Waals surface area contributed by atoms with Crippen LogP contribution in [0.4, 0.5) is 14.7 Å². The largest absolute Gasteiger partial charge is 0.474 e. The van der Waals surface area contributed by atoms with Crippen molar-refractivity contribution in [2.24, 2.45) is 5.73 Å². The second-order valence-corrected chi connectivity index (χ2v) is 8.21. The van der Waals surface area contributed by atoms with E-state index in [4.69, 9.17) is 15.2 Å². The van der Waals surface area contributed by atoms with E-state index in [2.05, 4.69) is 15.0 Å². The molecule has 32 heavy (non-hydrogen) atoms. The molecule has 10 heteroatoms. The normalized spacial score (nSPS) is 21.9. The summed E-state index contributed by atoms with van der Waals surface area (Å²) in [7, 11) is 0. The number of hydrogen-bond donors (Lipinski definition) is 1. The van der Waals surface area contributed by atoms with Gasteiger partial charge in [0.15, 0.2) is 5.82 Å². The highest BCUT2D eigenvalue weighted by molar-refractivity contribution is 5.78. The number of hydrogen-bond acceptors (Lipinski definition) is 7. The van der Waals surface area contributed by atoms with Gasteiger partial charge < -0.3 is 20.1 Å². The van der Waals surface area contributed by atoms with Gasteiger partial charge in [0.1, 0.15) is 11.9 Å². The van der Waals surface area contributed by atoms with Crippen LogP contribution in [0.15, 0.2) is 30.3 Å². The van der Waals surface area contributed by atoms with Crippen molar-refractivity contribution in [3.8, 4) is 11.7 Å². The fourth-order valence-electron chi connectivity index (χ4n) is 4.29. The number of nitrogens with two attached hydrogens (primary N) is 1. The minimum atomic E-state index is -2.76. The summed E-state index contributed by atoms with van der Waals surface area (Å²) < 4.78 is 40.9. The van der Waals surface area contributed by atoms with Crippen molar-refractivity contribution in [3.63, 3.8) is 0 Å². The smallest absolute Gasteiger partial charge is 0.296 e. The lowest BCUT2D eigenvalue weighted by molar-refractivity contribution is 0.121. The first-order valence-electron chi connectivity index (χ1n) is 11.0. The highest BCUT2D eigenvalue weighted by Crippen LogP contribution is 2.30. The van der Waals surface area contributed by atoms with E-state index in [1.165, 1.54) is 4.57 Å². The molecule has 170 valence electrons. The van der Waals surface area contributed by atoms with Crippen molar-refractivity contribution in [2.75, 3.05) is 31.2 Å². The molecule has 0 bridgehead atoms. The number of para-hydroxylation sites is 2. The van der Waals surface area contributed by atoms with E-state index < -0.39 is 6.43 Å². The molecule has 2 fully saturated rings. The molecule has 1 aromatic carbocycles. The second kappa shape index (κ2) is 8.95. The Morgan fingerprint density at radius 2 is 1.78 bits per heavy atom. The van der Waals surface area contributed by atoms with Gasteiger partial charge in [-0.25, -0.2) is 13.8 Å². The van der Waals surface area contributed by atoms with Crippen LogP contribution in [-0.2, 0) is 4.74 Å². The third kappa shape index (κ3) is 4.24. The van der Waals surface area contributed by atoms with Crippen molar-refractivity contribution < 1.29 is 18.3 Å². The maximum Gasteiger partial charge on any atom is 0.296 e. The van der Waals surface area contributed by atoms with Crippen molar-refractivity contribution in [2.45, 2.75) is 44.3 Å². The predicted octanol–water partition coefficient (Wildman–Crippen LogP) is 3.24. The summed E-state index contributed by atoms with van der Waals surface area (Å²) in [5.41, 5.74) is 7.06. The predicted molar refractivity (Wildman–Crippen MR) is 116 cm³/mol. The van der Waals surface area contributed by atoms with Crippen LogP contribution in [0.25, 0.3) is 16.9 Å². The van der Waals surface area contributed by atoms with Crippen LogP contribution < -0.4 is 15.4 Å². The van der Waals surface area contributed by atoms with Crippen LogP contribution in [-0.4, -0.2) is 58.0 Å². The van der Waals surface area contributed by atoms with E-state index in [0.29, 0.717) is 55.0 Å². The van der Waals surface area contributed by atoms with Crippen molar-refractivity contribution in [1.29, 1.82) is 0 Å². The zero-order valence-corrected chi connectivity index (χ0v) is 17.7. The Morgan fingerprint density at radius 3 is 2.53 bits per heavy atom. The van der Waals surface area contributed by atoms with E-state index in [9.17, 15) is 8.78 Å². The second-order valence-electron chi connectivity index (χ2n) is 8.21. The zero-order chi connectivity index (χ0) is 22.1. The Labute approximate surface area is 184 Å². The third-order valence-electron chi connectivity index (χ3n) is 5.99. The fourth-order valence-corrected chi connectivity index (χ4v) is 4.29. The highest BCUT2D eigenvalue weighted by Gasteiger charge is 2.25. The van der Waals surface area contributed by atoms with Crippen molar-refractivity contribution in [1.82, 2.24) is 19.5 Å². The fraction of sp³-hybridized carbons (Fsp3) is 0.500. The van der Waals surface area contributed by atoms with Gasteiger partial charge in [0.05, 0.1) is 24.2 Å². The Kier molecular flexibility index (Phi) is 5.88. The third-order valence-corrected chi connectivity index (χ3v) is 5.99. The molecule has 2 aromatic heterocycles. The molecule has 0 spiro atoms. The van der Waals surface area contributed by atoms with E-state index in [-0.39, 0.29) is 18.0 Å². The van der Waals surface area contributed by atoms with E-state index in [1.54, 1.807) is 30.3 Å². The topological polar surface area (TPSA) is 91.3 Å². The highest BCUT2D eigenvalue weighted by atomic mass is 19.3. The summed E-state index contributed by atoms with van der Waals surface area (Å²) in [4.78, 5) is 15.4. The van der Waals surface area contributed by atoms with Gasteiger partial charge in [-0.3, -0.25) is 4.57 Å². The molecule has 1 saturated heterocycles. The van der Waals surface area contributed by atoms with Gasteiger partial charge in [-0.15, -0.1) is 0 Å². The number of fused-ring (bicyclic) bond motifs is 1. The molecule has 1 aliphatic heterocycles. The number of rotatable bonds is 5. The molecule has 0 radical (unpaired) electrons. The molecular formula is C22H26F2N6O2. The van der Waals surface area contributed by atoms with Gasteiger partial charge in [0.2, 0.25) is 11.8 Å². The van der Waals surface area contributed by atoms with Crippen LogP contribution >= 0.6 is 0 Å². The summed E-state index contributed by atoms with van der Waals surface area (Å²) in [5.74, 6) is 0.765. The Morgan fingerprint density at radius 1 is 1.03 bits per heavy atom. The molecule has 0 unspecified atom stereocenters. The molecular weight excluding hydrogens is 418 g/mol. The number of alkyl halides is 2. The van der Waals surface area contributed by atoms with Crippen LogP contribution in [0.2, 0.25) is 0 Å². The van der Waals surface area contributed by atoms with Crippen LogP contribution in [0.5, 0.6) is 5.88 Å². The van der Waals surface area contributed by atoms with Gasteiger partial charge in [0.25, 0.3) is 6.43 Å². The molecule has 0 atom stereocenters. The van der Waals surface area contributed by atoms with Gasteiger partial charge in [0, 0.05) is 25.2 Å². The lowest BCUT2D eigenvalue weighted by Crippen LogP contribution is -2.37. The van der Waals surface area contributed by atoms with E-state index in [1.807, 2.05) is 4.90 Å². The average molecular weight is 444 g/mol. The average Bonchev–Trinajstić information content (AvgIpc) is 3.21. The number of nitrogens with zero attached hydrogens (tertiary/aromatic N) is 5. The first-order valence-corrected chi connectivity index (χ1v) is 11.0. The molecule has 2 N–H and O–H groups in total. The molecule has 3 heterocycles. The number of imidazole rings is 1. The number of anilines is 1. The number of morpholine rings is 1. The lowest BCUT2D eigenvalue weighted by atomic mass is 9.94. The summed E-state index contributed by atoms with van der Waals surface area (Å²) in [6.07, 6.45) is 0.687. The van der Waals surface area contributed by atoms with Crippen molar-refractivity contribution >= 4 is 17.0 Å². The first kappa shape index (κ1) is 21.0. The first-order chi connectivity index (χ1) is 15.6. The quantitative estimate of drug-likeness (QED) is 0.646. The Balaban J connectivity index is 1.58. The molecule has 3 aromatic rings. The number of halogens is 2. The molecule has 0 amide bonds. The maximum absolute atomic E-state index is 13.9. The van der Waals surface area contributed by atoms with E-state index >= 15 is 0 Å². The molecule has 8 nitrogen and oxygen atoms in total. The zero-order valence-electron chi connectivity index (χ0n) is 17.7. The van der Waals surface area contributed by atoms with Crippen LogP contribution in [0.3, 0.4) is 0 Å². The molecule has 2 aliphatic rings. The molecule has 5 rings (SSSR count). The Bertz CT molecular complexity index is 1080. The number of benzene rings is 1. The van der Waals surface area contributed by atoms with Gasteiger partial charge in [-0.2, -0.15) is 9.97 Å². The number of ether oxygens (including phenoxy) is 2. The lowest BCUT2D eigenvalue weighted by Gasteiger charge is -2.29. The summed E-state index contributed by atoms with van der Waals surface area (Å²) in [5, 5.41) is 0. The van der Waals surface area contributed by atoms with Crippen LogP contribution in [0, 0.1) is 0 Å². The van der Waals surface area contributed by atoms with Gasteiger partial charge >= 0.3 is 0 Å². The summed E-state index contributed by atoms with van der Waals surface area (Å²) >= 11 is 0. The van der Waals surface area contributed by atoms with Crippen molar-refractivity contribution in [3.05, 3.63) is 36.2 Å². The van der Waals surface area contributed by atoms with E-state index in [0.717, 1.165) is 25.7 Å². The standard InChI is InChI=1S/C22H26F2N6O2/c23-20(24)21-26-16-3-1-2-4-17(16)30(21)18-13-19(32-15-7-5-14(25)6-8-15)28-22(27-18)29-9-11-31-12-10-29/h1-4,13-15,20H,5-12,25H2/t14-,15-. The van der Waals surface area contributed by atoms with Gasteiger partial charge in [-0.1, -0.05) is 12.1 Å². The maximum atomic E-state index is 13.9. The molecule has 1 saturated carbocycles. The summed E-state index contributed by atoms with van der Waals surface area (Å²) in [6, 6.07) is 8.86. The number of aromatic nitrogens is 4. The minimum Gasteiger partial charge on any atom is -0.474 e. The monoisotopic (exact) mass is 444 g/mol. The molecule has 1 aliphatic carbocycles. The Hall–Kier alpha value is -2.85.